The van der Waals surface area contributed by atoms with Crippen molar-refractivity contribution in [1.29, 1.82) is 0 Å². The highest BCUT2D eigenvalue weighted by atomic mass is 16.6. The van der Waals surface area contributed by atoms with Crippen molar-refractivity contribution in [1.82, 2.24) is 0 Å². The molecule has 1 unspecified atom stereocenters. The predicted octanol–water partition coefficient (Wildman–Crippen LogP) is 2.89. The number of nitro benzene ring substituents is 1. The van der Waals surface area contributed by atoms with Crippen LogP contribution in [0.2, 0.25) is 0 Å². The van der Waals surface area contributed by atoms with E-state index in [0.29, 0.717) is 0 Å². The van der Waals surface area contributed by atoms with Gasteiger partial charge >= 0.3 is 5.97 Å². The van der Waals surface area contributed by atoms with Crippen molar-refractivity contribution in [3.8, 4) is 0 Å². The van der Waals surface area contributed by atoms with E-state index in [9.17, 15) is 14.9 Å². The minimum Gasteiger partial charge on any atom is -0.478 e. The van der Waals surface area contributed by atoms with Crippen molar-refractivity contribution in [3.63, 3.8) is 0 Å². The fourth-order valence-corrected chi connectivity index (χ4v) is 1.71. The smallest absolute Gasteiger partial charge is 0.335 e. The zero-order chi connectivity index (χ0) is 13.7. The third-order valence-electron chi connectivity index (χ3n) is 2.56. The van der Waals surface area contributed by atoms with Crippen LogP contribution in [0.15, 0.2) is 18.2 Å². The summed E-state index contributed by atoms with van der Waals surface area (Å²) in [5, 5.41) is 22.7. The Kier molecular flexibility index (Phi) is 4.65. The Morgan fingerprint density at radius 1 is 1.56 bits per heavy atom. The molecule has 1 atom stereocenters. The molecule has 0 radical (unpaired) electrons. The Morgan fingerprint density at radius 3 is 2.72 bits per heavy atom. The van der Waals surface area contributed by atoms with Crippen LogP contribution < -0.4 is 5.32 Å². The van der Waals surface area contributed by atoms with Gasteiger partial charge in [-0.1, -0.05) is 13.3 Å². The van der Waals surface area contributed by atoms with Crippen molar-refractivity contribution >= 4 is 17.3 Å². The second-order valence-electron chi connectivity index (χ2n) is 4.13. The lowest BCUT2D eigenvalue weighted by Crippen LogP contribution is -2.16. The first kappa shape index (κ1) is 14.0. The Bertz CT molecular complexity index is 459. The van der Waals surface area contributed by atoms with E-state index in [1.807, 2.05) is 13.8 Å². The molecule has 2 N–H and O–H groups in total. The summed E-state index contributed by atoms with van der Waals surface area (Å²) in [6, 6.07) is 3.80. The number of carbonyl (C=O) groups is 1. The van der Waals surface area contributed by atoms with E-state index >= 15 is 0 Å². The molecule has 0 saturated heterocycles. The number of nitro groups is 1. The maximum atomic E-state index is 10.9. The Hall–Kier alpha value is -2.11. The van der Waals surface area contributed by atoms with Crippen LogP contribution >= 0.6 is 0 Å². The van der Waals surface area contributed by atoms with Gasteiger partial charge in [-0.3, -0.25) is 10.1 Å². The first-order chi connectivity index (χ1) is 8.45. The topological polar surface area (TPSA) is 92.5 Å². The van der Waals surface area contributed by atoms with Gasteiger partial charge in [-0.05, 0) is 25.5 Å². The van der Waals surface area contributed by atoms with E-state index in [0.717, 1.165) is 12.8 Å². The molecule has 98 valence electrons. The molecular formula is C12H16N2O4. The maximum absolute atomic E-state index is 10.9. The van der Waals surface area contributed by atoms with Crippen LogP contribution in [-0.4, -0.2) is 22.0 Å². The van der Waals surface area contributed by atoms with Crippen molar-refractivity contribution in [2.45, 2.75) is 32.7 Å². The van der Waals surface area contributed by atoms with Crippen molar-refractivity contribution in [2.75, 3.05) is 5.32 Å². The molecule has 0 bridgehead atoms. The lowest BCUT2D eigenvalue weighted by Gasteiger charge is -2.14. The third-order valence-corrected chi connectivity index (χ3v) is 2.56. The summed E-state index contributed by atoms with van der Waals surface area (Å²) < 4.78 is 0. The minimum atomic E-state index is -1.10. The SMILES string of the molecule is CCCC(C)Nc1cc(C(=O)O)ccc1[N+](=O)[O-]. The fourth-order valence-electron chi connectivity index (χ4n) is 1.71. The number of benzene rings is 1. The molecule has 0 spiro atoms. The zero-order valence-electron chi connectivity index (χ0n) is 10.3. The Labute approximate surface area is 105 Å². The Balaban J connectivity index is 3.07. The molecule has 0 aliphatic carbocycles. The summed E-state index contributed by atoms with van der Waals surface area (Å²) in [6.45, 7) is 3.92. The molecule has 1 aromatic rings. The van der Waals surface area contributed by atoms with Gasteiger partial charge < -0.3 is 10.4 Å². The molecule has 0 heterocycles. The number of anilines is 1. The lowest BCUT2D eigenvalue weighted by molar-refractivity contribution is -0.384. The maximum Gasteiger partial charge on any atom is 0.335 e. The van der Waals surface area contributed by atoms with Crippen LogP contribution in [0, 0.1) is 10.1 Å². The van der Waals surface area contributed by atoms with Crippen molar-refractivity contribution < 1.29 is 14.8 Å². The van der Waals surface area contributed by atoms with Crippen LogP contribution in [0.1, 0.15) is 37.0 Å². The van der Waals surface area contributed by atoms with E-state index in [4.69, 9.17) is 5.11 Å². The van der Waals surface area contributed by atoms with Gasteiger partial charge in [0, 0.05) is 12.1 Å². The van der Waals surface area contributed by atoms with Gasteiger partial charge in [-0.15, -0.1) is 0 Å². The van der Waals surface area contributed by atoms with Crippen LogP contribution in [0.25, 0.3) is 0 Å². The van der Waals surface area contributed by atoms with Gasteiger partial charge in [-0.2, -0.15) is 0 Å². The first-order valence-electron chi connectivity index (χ1n) is 5.74. The highest BCUT2D eigenvalue weighted by molar-refractivity contribution is 5.90. The van der Waals surface area contributed by atoms with E-state index in [1.165, 1.54) is 18.2 Å². The number of carboxylic acid groups (broad SMARTS) is 1. The van der Waals surface area contributed by atoms with Crippen molar-refractivity contribution in [2.24, 2.45) is 0 Å². The summed E-state index contributed by atoms with van der Waals surface area (Å²) in [6.07, 6.45) is 1.80. The summed E-state index contributed by atoms with van der Waals surface area (Å²) in [7, 11) is 0. The second-order valence-corrected chi connectivity index (χ2v) is 4.13. The van der Waals surface area contributed by atoms with Gasteiger partial charge in [0.05, 0.1) is 10.5 Å². The highest BCUT2D eigenvalue weighted by Crippen LogP contribution is 2.26. The van der Waals surface area contributed by atoms with E-state index in [2.05, 4.69) is 5.32 Å². The number of rotatable bonds is 6. The van der Waals surface area contributed by atoms with E-state index in [-0.39, 0.29) is 23.0 Å². The fraction of sp³-hybridized carbons (Fsp3) is 0.417. The molecule has 1 aromatic carbocycles. The number of hydrogen-bond donors (Lipinski definition) is 2. The standard InChI is InChI=1S/C12H16N2O4/c1-3-4-8(2)13-10-7-9(12(15)16)5-6-11(10)14(17)18/h5-8,13H,3-4H2,1-2H3,(H,15,16). The molecule has 0 saturated carbocycles. The molecule has 18 heavy (non-hydrogen) atoms. The van der Waals surface area contributed by atoms with Crippen LogP contribution in [0.4, 0.5) is 11.4 Å². The average molecular weight is 252 g/mol. The molecule has 0 aromatic heterocycles. The third kappa shape index (κ3) is 3.44. The summed E-state index contributed by atoms with van der Waals surface area (Å²) in [4.78, 5) is 21.2. The molecule has 0 amide bonds. The average Bonchev–Trinajstić information content (AvgIpc) is 2.28. The molecular weight excluding hydrogens is 236 g/mol. The largest absolute Gasteiger partial charge is 0.478 e. The normalized spacial score (nSPS) is 11.9. The van der Waals surface area contributed by atoms with E-state index in [1.54, 1.807) is 0 Å². The van der Waals surface area contributed by atoms with E-state index < -0.39 is 10.9 Å². The summed E-state index contributed by atoms with van der Waals surface area (Å²) in [5.41, 5.74) is 0.176. The van der Waals surface area contributed by atoms with Gasteiger partial charge in [0.25, 0.3) is 5.69 Å². The monoisotopic (exact) mass is 252 g/mol. The molecule has 6 heteroatoms. The quantitative estimate of drug-likeness (QED) is 0.599. The minimum absolute atomic E-state index is 0.0341. The molecule has 0 aliphatic heterocycles. The van der Waals surface area contributed by atoms with Gasteiger partial charge in [0.2, 0.25) is 0 Å². The molecule has 0 fully saturated rings. The molecule has 0 aliphatic rings. The lowest BCUT2D eigenvalue weighted by atomic mass is 10.1. The molecule has 1 rings (SSSR count). The van der Waals surface area contributed by atoms with Crippen molar-refractivity contribution in [3.05, 3.63) is 33.9 Å². The van der Waals surface area contributed by atoms with Gasteiger partial charge in [0.15, 0.2) is 0 Å². The number of aromatic carboxylic acids is 1. The second kappa shape index (κ2) is 6.00. The summed E-state index contributed by atoms with van der Waals surface area (Å²) >= 11 is 0. The Morgan fingerprint density at radius 2 is 2.22 bits per heavy atom. The van der Waals surface area contributed by atoms with Gasteiger partial charge in [0.1, 0.15) is 5.69 Å². The van der Waals surface area contributed by atoms with Crippen LogP contribution in [0.3, 0.4) is 0 Å². The molecule has 6 nitrogen and oxygen atoms in total. The first-order valence-corrected chi connectivity index (χ1v) is 5.74. The summed E-state index contributed by atoms with van der Waals surface area (Å²) in [5.74, 6) is -1.10. The zero-order valence-corrected chi connectivity index (χ0v) is 10.3. The van der Waals surface area contributed by atoms with Crippen LogP contribution in [-0.2, 0) is 0 Å². The van der Waals surface area contributed by atoms with Gasteiger partial charge in [-0.25, -0.2) is 4.79 Å². The highest BCUT2D eigenvalue weighted by Gasteiger charge is 2.17. The predicted molar refractivity (Wildman–Crippen MR) is 68.0 cm³/mol. The van der Waals surface area contributed by atoms with Crippen LogP contribution in [0.5, 0.6) is 0 Å². The number of nitrogens with one attached hydrogen (secondary N) is 1. The number of hydrogen-bond acceptors (Lipinski definition) is 4. The number of nitrogens with zero attached hydrogens (tertiary/aromatic N) is 1. The number of carboxylic acids is 1.